The fourth-order valence-corrected chi connectivity index (χ4v) is 3.57. The molecule has 0 spiro atoms. The van der Waals surface area contributed by atoms with Crippen molar-refractivity contribution in [3.63, 3.8) is 0 Å². The molecule has 1 aromatic carbocycles. The van der Waals surface area contributed by atoms with E-state index in [0.717, 1.165) is 14.5 Å². The molecule has 3 rings (SSSR count). The molecular weight excluding hydrogens is 378 g/mol. The predicted molar refractivity (Wildman–Crippen MR) is 100 cm³/mol. The molecule has 0 amide bonds. The summed E-state index contributed by atoms with van der Waals surface area (Å²) >= 11 is 12.8. The number of hydrogen-bond donors (Lipinski definition) is 1. The Kier molecular flexibility index (Phi) is 5.63. The Labute approximate surface area is 160 Å². The van der Waals surface area contributed by atoms with E-state index in [-0.39, 0.29) is 0 Å². The van der Waals surface area contributed by atoms with E-state index in [9.17, 15) is 0 Å². The molecule has 0 aliphatic rings. The lowest BCUT2D eigenvalue weighted by Crippen LogP contribution is -3.13. The van der Waals surface area contributed by atoms with Crippen molar-refractivity contribution in [2.75, 3.05) is 0 Å². The number of aromatic nitrogens is 4. The monoisotopic (exact) mass is 396 g/mol. The normalized spacial score (nSPS) is 12.7. The fraction of sp³-hybridized carbons (Fsp3) is 0.375. The van der Waals surface area contributed by atoms with Crippen LogP contribution < -0.4 is 4.90 Å². The highest BCUT2D eigenvalue weighted by molar-refractivity contribution is 7.73. The first-order valence-corrected chi connectivity index (χ1v) is 9.50. The maximum Gasteiger partial charge on any atom is 0.271 e. The standard InChI is InChI=1S/C16H18ClN5OS2/c1-10(2)21(9-22-16(24)25-11(3)20-22)8-14-18-19-15(23-14)12-4-6-13(17)7-5-12/h4-7,10H,8-9H2,1-3H3/p+1. The van der Waals surface area contributed by atoms with E-state index < -0.39 is 0 Å². The summed E-state index contributed by atoms with van der Waals surface area (Å²) in [6, 6.07) is 7.70. The third-order valence-corrected chi connectivity index (χ3v) is 5.29. The van der Waals surface area contributed by atoms with Crippen molar-refractivity contribution in [2.24, 2.45) is 0 Å². The molecule has 0 saturated carbocycles. The number of nitrogens with one attached hydrogen (secondary N) is 1. The van der Waals surface area contributed by atoms with E-state index in [1.54, 1.807) is 12.1 Å². The van der Waals surface area contributed by atoms with Gasteiger partial charge < -0.3 is 9.32 Å². The number of quaternary nitrogens is 1. The number of halogens is 1. The van der Waals surface area contributed by atoms with Gasteiger partial charge in [-0.25, -0.2) is 0 Å². The highest BCUT2D eigenvalue weighted by Crippen LogP contribution is 2.19. The molecule has 9 heteroatoms. The number of benzene rings is 1. The van der Waals surface area contributed by atoms with Gasteiger partial charge >= 0.3 is 0 Å². The van der Waals surface area contributed by atoms with Crippen LogP contribution in [-0.4, -0.2) is 26.0 Å². The quantitative estimate of drug-likeness (QED) is 0.648. The first kappa shape index (κ1) is 18.2. The maximum atomic E-state index is 5.91. The number of rotatable bonds is 6. The molecule has 1 N–H and O–H groups in total. The average Bonchev–Trinajstić information content (AvgIpc) is 3.14. The molecule has 132 valence electrons. The minimum absolute atomic E-state index is 0.356. The van der Waals surface area contributed by atoms with Gasteiger partial charge in [-0.1, -0.05) is 22.9 Å². The van der Waals surface area contributed by atoms with Gasteiger partial charge in [-0.2, -0.15) is 9.78 Å². The summed E-state index contributed by atoms with van der Waals surface area (Å²) in [7, 11) is 0. The Bertz CT molecular complexity index is 900. The van der Waals surface area contributed by atoms with Crippen molar-refractivity contribution < 1.29 is 9.32 Å². The van der Waals surface area contributed by atoms with E-state index in [4.69, 9.17) is 28.2 Å². The van der Waals surface area contributed by atoms with E-state index in [1.807, 2.05) is 23.7 Å². The first-order valence-electron chi connectivity index (χ1n) is 7.90. The van der Waals surface area contributed by atoms with Crippen LogP contribution in [0.5, 0.6) is 0 Å². The molecule has 0 aliphatic heterocycles. The van der Waals surface area contributed by atoms with Crippen molar-refractivity contribution in [1.29, 1.82) is 0 Å². The Morgan fingerprint density at radius 1 is 1.28 bits per heavy atom. The van der Waals surface area contributed by atoms with Crippen molar-refractivity contribution in [3.05, 3.63) is 44.1 Å². The van der Waals surface area contributed by atoms with Gasteiger partial charge in [0.15, 0.2) is 17.2 Å². The van der Waals surface area contributed by atoms with E-state index in [2.05, 4.69) is 29.1 Å². The summed E-state index contributed by atoms with van der Waals surface area (Å²) in [6.07, 6.45) is 0. The molecule has 0 saturated heterocycles. The molecule has 0 radical (unpaired) electrons. The summed E-state index contributed by atoms with van der Waals surface area (Å²) in [5.74, 6) is 1.09. The van der Waals surface area contributed by atoms with Crippen LogP contribution in [0.1, 0.15) is 24.7 Å². The SMILES string of the molecule is Cc1nn(C[NH+](Cc2nnc(-c3ccc(Cl)cc3)o2)C(C)C)c(=S)s1. The molecule has 2 heterocycles. The van der Waals surface area contributed by atoms with Crippen LogP contribution in [-0.2, 0) is 13.2 Å². The lowest BCUT2D eigenvalue weighted by molar-refractivity contribution is -0.958. The predicted octanol–water partition coefficient (Wildman–Crippen LogP) is 3.14. The zero-order chi connectivity index (χ0) is 18.0. The number of hydrogen-bond acceptors (Lipinski definition) is 6. The summed E-state index contributed by atoms with van der Waals surface area (Å²) in [5, 5.41) is 14.4. The van der Waals surface area contributed by atoms with Crippen molar-refractivity contribution in [2.45, 2.75) is 40.0 Å². The second-order valence-electron chi connectivity index (χ2n) is 6.04. The molecule has 0 fully saturated rings. The molecule has 1 unspecified atom stereocenters. The summed E-state index contributed by atoms with van der Waals surface area (Å²) in [5.41, 5.74) is 0.853. The molecule has 3 aromatic rings. The number of aryl methyl sites for hydroxylation is 1. The van der Waals surface area contributed by atoms with Crippen LogP contribution >= 0.6 is 35.2 Å². The molecular formula is C16H19ClN5OS2+. The average molecular weight is 397 g/mol. The second-order valence-corrected chi connectivity index (χ2v) is 8.31. The van der Waals surface area contributed by atoms with Gasteiger partial charge in [0, 0.05) is 10.6 Å². The Morgan fingerprint density at radius 3 is 2.60 bits per heavy atom. The molecule has 25 heavy (non-hydrogen) atoms. The highest BCUT2D eigenvalue weighted by Gasteiger charge is 2.20. The van der Waals surface area contributed by atoms with Crippen molar-refractivity contribution in [1.82, 2.24) is 20.0 Å². The Balaban J connectivity index is 1.75. The van der Waals surface area contributed by atoms with Gasteiger partial charge in [-0.3, -0.25) is 0 Å². The second kappa shape index (κ2) is 7.74. The van der Waals surface area contributed by atoms with Crippen molar-refractivity contribution >= 4 is 35.2 Å². The van der Waals surface area contributed by atoms with Gasteiger partial charge in [0.05, 0.1) is 6.04 Å². The largest absolute Gasteiger partial charge is 0.415 e. The third kappa shape index (κ3) is 4.52. The van der Waals surface area contributed by atoms with Crippen LogP contribution in [0.15, 0.2) is 28.7 Å². The Hall–Kier alpha value is -1.61. The minimum atomic E-state index is 0.356. The van der Waals surface area contributed by atoms with E-state index >= 15 is 0 Å². The fourth-order valence-electron chi connectivity index (χ4n) is 2.37. The molecule has 0 bridgehead atoms. The molecule has 6 nitrogen and oxygen atoms in total. The van der Waals surface area contributed by atoms with Gasteiger partial charge in [0.1, 0.15) is 5.01 Å². The van der Waals surface area contributed by atoms with Gasteiger partial charge in [-0.05, 0) is 57.3 Å². The first-order chi connectivity index (χ1) is 11.9. The summed E-state index contributed by atoms with van der Waals surface area (Å²) in [4.78, 5) is 1.24. The van der Waals surface area contributed by atoms with Crippen LogP contribution in [0, 0.1) is 10.9 Å². The van der Waals surface area contributed by atoms with E-state index in [0.29, 0.717) is 36.1 Å². The van der Waals surface area contributed by atoms with E-state index in [1.165, 1.54) is 16.2 Å². The number of nitrogens with zero attached hydrogens (tertiary/aromatic N) is 4. The zero-order valence-corrected chi connectivity index (χ0v) is 16.6. The molecule has 0 aliphatic carbocycles. The smallest absolute Gasteiger partial charge is 0.271 e. The summed E-state index contributed by atoms with van der Waals surface area (Å²) < 4.78 is 8.47. The topological polar surface area (TPSA) is 61.2 Å². The van der Waals surface area contributed by atoms with Gasteiger partial charge in [0.25, 0.3) is 5.89 Å². The lowest BCUT2D eigenvalue weighted by Gasteiger charge is -2.21. The summed E-state index contributed by atoms with van der Waals surface area (Å²) in [6.45, 7) is 7.53. The lowest BCUT2D eigenvalue weighted by atomic mass is 10.2. The molecule has 2 aromatic heterocycles. The van der Waals surface area contributed by atoms with Crippen LogP contribution in [0.3, 0.4) is 0 Å². The van der Waals surface area contributed by atoms with Crippen LogP contribution in [0.25, 0.3) is 11.5 Å². The van der Waals surface area contributed by atoms with Crippen LogP contribution in [0.4, 0.5) is 0 Å². The maximum absolute atomic E-state index is 5.91. The minimum Gasteiger partial charge on any atom is -0.415 e. The highest BCUT2D eigenvalue weighted by atomic mass is 35.5. The van der Waals surface area contributed by atoms with Gasteiger partial charge in [-0.15, -0.1) is 10.2 Å². The third-order valence-electron chi connectivity index (χ3n) is 3.81. The Morgan fingerprint density at radius 2 is 2.00 bits per heavy atom. The van der Waals surface area contributed by atoms with Crippen molar-refractivity contribution in [3.8, 4) is 11.5 Å². The van der Waals surface area contributed by atoms with Gasteiger partial charge in [0.2, 0.25) is 5.89 Å². The molecule has 1 atom stereocenters. The zero-order valence-electron chi connectivity index (χ0n) is 14.2. The van der Waals surface area contributed by atoms with Crippen LogP contribution in [0.2, 0.25) is 5.02 Å².